The molecule has 2 aromatic heterocycles. The zero-order valence-electron chi connectivity index (χ0n) is 8.41. The first-order chi connectivity index (χ1) is 7.79. The molecule has 2 atom stereocenters. The van der Waals surface area contributed by atoms with Crippen LogP contribution in [0.4, 0.5) is 0 Å². The van der Waals surface area contributed by atoms with Crippen molar-refractivity contribution in [2.75, 3.05) is 0 Å². The second kappa shape index (κ2) is 3.37. The van der Waals surface area contributed by atoms with Crippen LogP contribution in [0.5, 0.6) is 0 Å². The highest BCUT2D eigenvalue weighted by molar-refractivity contribution is 5.71. The molecule has 3 rings (SSSR count). The summed E-state index contributed by atoms with van der Waals surface area (Å²) in [5.41, 5.74) is 2.69. The highest BCUT2D eigenvalue weighted by Gasteiger charge is 2.32. The number of aliphatic hydroxyl groups is 2. The van der Waals surface area contributed by atoms with Crippen LogP contribution < -0.4 is 0 Å². The van der Waals surface area contributed by atoms with Crippen LogP contribution in [0.25, 0.3) is 11.1 Å². The fourth-order valence-electron chi connectivity index (χ4n) is 2.06. The number of aromatic nitrogens is 2. The Kier molecular flexibility index (Phi) is 1.99. The summed E-state index contributed by atoms with van der Waals surface area (Å²) in [6.07, 6.45) is 1.21. The normalized spacial score (nSPS) is 22.4. The Morgan fingerprint density at radius 1 is 0.812 bits per heavy atom. The van der Waals surface area contributed by atoms with E-state index in [1.807, 2.05) is 12.1 Å². The lowest BCUT2D eigenvalue weighted by Crippen LogP contribution is -2.19. The molecule has 0 aliphatic heterocycles. The molecule has 2 aromatic rings. The van der Waals surface area contributed by atoms with Crippen LogP contribution in [0, 0.1) is 0 Å². The number of pyridine rings is 2. The lowest BCUT2D eigenvalue weighted by Gasteiger charge is -2.26. The van der Waals surface area contributed by atoms with Crippen molar-refractivity contribution in [2.24, 2.45) is 0 Å². The van der Waals surface area contributed by atoms with Gasteiger partial charge in [0.25, 0.3) is 0 Å². The second-order valence-electron chi connectivity index (χ2n) is 3.76. The Labute approximate surface area is 92.2 Å². The van der Waals surface area contributed by atoms with Gasteiger partial charge in [-0.1, -0.05) is 12.1 Å². The average molecular weight is 214 g/mol. The average Bonchev–Trinajstić information content (AvgIpc) is 2.36. The minimum atomic E-state index is -1.00. The maximum atomic E-state index is 9.92. The monoisotopic (exact) mass is 214 g/mol. The first-order valence-corrected chi connectivity index (χ1v) is 5.05. The standard InChI is InChI=1S/C12H10N2O2/c15-11-9-7(3-1-5-13-9)8-4-2-6-14-10(8)12(11)16/h1-6,11-12,15-16H. The number of hydrogen-bond acceptors (Lipinski definition) is 4. The molecule has 0 fully saturated rings. The largest absolute Gasteiger partial charge is 0.384 e. The summed E-state index contributed by atoms with van der Waals surface area (Å²) in [5.74, 6) is 0. The summed E-state index contributed by atoms with van der Waals surface area (Å²) in [5, 5.41) is 19.8. The minimum Gasteiger partial charge on any atom is -0.384 e. The number of nitrogens with zero attached hydrogens (tertiary/aromatic N) is 2. The Hall–Kier alpha value is -1.78. The summed E-state index contributed by atoms with van der Waals surface area (Å²) in [6, 6.07) is 7.36. The molecule has 0 radical (unpaired) electrons. The summed E-state index contributed by atoms with van der Waals surface area (Å²) in [7, 11) is 0. The van der Waals surface area contributed by atoms with Crippen molar-refractivity contribution in [3.8, 4) is 11.1 Å². The molecule has 4 nitrogen and oxygen atoms in total. The van der Waals surface area contributed by atoms with Gasteiger partial charge in [-0.15, -0.1) is 0 Å². The Morgan fingerprint density at radius 2 is 1.25 bits per heavy atom. The van der Waals surface area contributed by atoms with Gasteiger partial charge in [0.05, 0.1) is 11.4 Å². The number of hydrogen-bond donors (Lipinski definition) is 2. The van der Waals surface area contributed by atoms with Crippen molar-refractivity contribution in [2.45, 2.75) is 12.2 Å². The van der Waals surface area contributed by atoms with E-state index in [9.17, 15) is 10.2 Å². The van der Waals surface area contributed by atoms with Gasteiger partial charge in [-0.3, -0.25) is 9.97 Å². The van der Waals surface area contributed by atoms with E-state index in [1.54, 1.807) is 24.5 Å². The molecular weight excluding hydrogens is 204 g/mol. The minimum absolute atomic E-state index is 0.510. The van der Waals surface area contributed by atoms with Crippen molar-refractivity contribution >= 4 is 0 Å². The second-order valence-corrected chi connectivity index (χ2v) is 3.76. The van der Waals surface area contributed by atoms with Crippen LogP contribution in [0.15, 0.2) is 36.7 Å². The van der Waals surface area contributed by atoms with Crippen LogP contribution in [-0.4, -0.2) is 20.2 Å². The molecule has 0 saturated heterocycles. The van der Waals surface area contributed by atoms with Crippen molar-refractivity contribution in [1.29, 1.82) is 0 Å². The predicted octanol–water partition coefficient (Wildman–Crippen LogP) is 1.22. The van der Waals surface area contributed by atoms with E-state index < -0.39 is 12.2 Å². The SMILES string of the molecule is OC1c2ncccc2-c2cccnc2C1O. The van der Waals surface area contributed by atoms with Crippen molar-refractivity contribution in [1.82, 2.24) is 9.97 Å². The maximum Gasteiger partial charge on any atom is 0.128 e. The third kappa shape index (κ3) is 1.17. The molecule has 2 heterocycles. The fraction of sp³-hybridized carbons (Fsp3) is 0.167. The lowest BCUT2D eigenvalue weighted by molar-refractivity contribution is 0.0105. The summed E-state index contributed by atoms with van der Waals surface area (Å²) < 4.78 is 0. The molecular formula is C12H10N2O2. The zero-order chi connectivity index (χ0) is 11.1. The fourth-order valence-corrected chi connectivity index (χ4v) is 2.06. The van der Waals surface area contributed by atoms with Gasteiger partial charge in [-0.25, -0.2) is 0 Å². The topological polar surface area (TPSA) is 66.2 Å². The van der Waals surface area contributed by atoms with Crippen LogP contribution >= 0.6 is 0 Å². The number of fused-ring (bicyclic) bond motifs is 3. The van der Waals surface area contributed by atoms with Gasteiger partial charge in [0.2, 0.25) is 0 Å². The van der Waals surface area contributed by atoms with Crippen molar-refractivity contribution in [3.63, 3.8) is 0 Å². The van der Waals surface area contributed by atoms with E-state index in [1.165, 1.54) is 0 Å². The molecule has 16 heavy (non-hydrogen) atoms. The van der Waals surface area contributed by atoms with E-state index >= 15 is 0 Å². The van der Waals surface area contributed by atoms with Gasteiger partial charge in [0, 0.05) is 23.5 Å². The van der Waals surface area contributed by atoms with E-state index in [0.29, 0.717) is 11.4 Å². The van der Waals surface area contributed by atoms with Gasteiger partial charge < -0.3 is 10.2 Å². The summed E-state index contributed by atoms with van der Waals surface area (Å²) >= 11 is 0. The molecule has 2 N–H and O–H groups in total. The van der Waals surface area contributed by atoms with Gasteiger partial charge in [-0.05, 0) is 12.1 Å². The highest BCUT2D eigenvalue weighted by Crippen LogP contribution is 2.41. The molecule has 0 spiro atoms. The molecule has 0 bridgehead atoms. The summed E-state index contributed by atoms with van der Waals surface area (Å²) in [4.78, 5) is 8.22. The van der Waals surface area contributed by atoms with E-state index in [0.717, 1.165) is 11.1 Å². The Bertz CT molecular complexity index is 493. The van der Waals surface area contributed by atoms with Crippen molar-refractivity contribution < 1.29 is 10.2 Å². The van der Waals surface area contributed by atoms with Crippen LogP contribution in [0.1, 0.15) is 23.6 Å². The number of rotatable bonds is 0. The Morgan fingerprint density at radius 3 is 1.69 bits per heavy atom. The number of aliphatic hydroxyl groups excluding tert-OH is 2. The van der Waals surface area contributed by atoms with Gasteiger partial charge in [0.1, 0.15) is 12.2 Å². The van der Waals surface area contributed by atoms with Crippen molar-refractivity contribution in [3.05, 3.63) is 48.0 Å². The molecule has 80 valence electrons. The maximum absolute atomic E-state index is 9.92. The van der Waals surface area contributed by atoms with Gasteiger partial charge in [-0.2, -0.15) is 0 Å². The third-order valence-electron chi connectivity index (χ3n) is 2.83. The van der Waals surface area contributed by atoms with E-state index in [4.69, 9.17) is 0 Å². The predicted molar refractivity (Wildman–Crippen MR) is 57.4 cm³/mol. The molecule has 1 aliphatic carbocycles. The Balaban J connectivity index is 2.33. The molecule has 0 saturated carbocycles. The van der Waals surface area contributed by atoms with Gasteiger partial charge >= 0.3 is 0 Å². The first kappa shape index (κ1) is 9.45. The summed E-state index contributed by atoms with van der Waals surface area (Å²) in [6.45, 7) is 0. The molecule has 0 amide bonds. The lowest BCUT2D eigenvalue weighted by atomic mass is 9.88. The van der Waals surface area contributed by atoms with E-state index in [-0.39, 0.29) is 0 Å². The van der Waals surface area contributed by atoms with Crippen LogP contribution in [0.3, 0.4) is 0 Å². The molecule has 2 unspecified atom stereocenters. The molecule has 0 aromatic carbocycles. The van der Waals surface area contributed by atoms with Crippen LogP contribution in [-0.2, 0) is 0 Å². The highest BCUT2D eigenvalue weighted by atomic mass is 16.3. The smallest absolute Gasteiger partial charge is 0.128 e. The van der Waals surface area contributed by atoms with Crippen LogP contribution in [0.2, 0.25) is 0 Å². The third-order valence-corrected chi connectivity index (χ3v) is 2.83. The molecule has 4 heteroatoms. The zero-order valence-corrected chi connectivity index (χ0v) is 8.41. The van der Waals surface area contributed by atoms with Gasteiger partial charge in [0.15, 0.2) is 0 Å². The quantitative estimate of drug-likeness (QED) is 0.692. The molecule has 1 aliphatic rings. The van der Waals surface area contributed by atoms with E-state index in [2.05, 4.69) is 9.97 Å². The first-order valence-electron chi connectivity index (χ1n) is 5.05.